The van der Waals surface area contributed by atoms with Gasteiger partial charge in [0.05, 0.1) is 0 Å². The van der Waals surface area contributed by atoms with Crippen LogP contribution in [0.25, 0.3) is 0 Å². The molecule has 0 radical (unpaired) electrons. The van der Waals surface area contributed by atoms with Crippen molar-refractivity contribution in [3.63, 3.8) is 0 Å². The monoisotopic (exact) mass is 246 g/mol. The number of aryl methyl sites for hydroxylation is 2. The van der Waals surface area contributed by atoms with Gasteiger partial charge in [0.1, 0.15) is 0 Å². The minimum Gasteiger partial charge on any atom is -0.330 e. The highest BCUT2D eigenvalue weighted by Crippen LogP contribution is 2.32. The smallest absolute Gasteiger partial charge is 0.227 e. The summed E-state index contributed by atoms with van der Waals surface area (Å²) in [6.45, 7) is 4.67. The first-order chi connectivity index (χ1) is 8.63. The first-order valence-electron chi connectivity index (χ1n) is 6.70. The van der Waals surface area contributed by atoms with Gasteiger partial charge in [-0.05, 0) is 50.3 Å². The molecule has 0 aliphatic heterocycles. The van der Waals surface area contributed by atoms with Gasteiger partial charge in [-0.3, -0.25) is 4.79 Å². The van der Waals surface area contributed by atoms with Crippen LogP contribution in [-0.2, 0) is 4.79 Å². The van der Waals surface area contributed by atoms with Crippen LogP contribution in [0.15, 0.2) is 18.2 Å². The molecule has 1 fully saturated rings. The van der Waals surface area contributed by atoms with Gasteiger partial charge >= 0.3 is 0 Å². The van der Waals surface area contributed by atoms with Gasteiger partial charge in [0.25, 0.3) is 0 Å². The van der Waals surface area contributed by atoms with Crippen LogP contribution in [0.2, 0.25) is 0 Å². The Morgan fingerprint density at radius 3 is 2.61 bits per heavy atom. The molecule has 0 unspecified atom stereocenters. The third-order valence-electron chi connectivity index (χ3n) is 4.03. The minimum atomic E-state index is 0.0917. The number of amides is 1. The Hall–Kier alpha value is -1.35. The summed E-state index contributed by atoms with van der Waals surface area (Å²) in [5, 5.41) is 3.09. The number of anilines is 1. The number of hydrogen-bond acceptors (Lipinski definition) is 2. The molecular formula is C15H22N2O. The van der Waals surface area contributed by atoms with Crippen LogP contribution < -0.4 is 11.1 Å². The average Bonchev–Trinajstić information content (AvgIpc) is 2.82. The molecular weight excluding hydrogens is 224 g/mol. The van der Waals surface area contributed by atoms with Crippen molar-refractivity contribution in [3.8, 4) is 0 Å². The topological polar surface area (TPSA) is 55.1 Å². The second-order valence-electron chi connectivity index (χ2n) is 5.29. The molecule has 2 rings (SSSR count). The van der Waals surface area contributed by atoms with E-state index in [1.54, 1.807) is 0 Å². The van der Waals surface area contributed by atoms with E-state index in [1.165, 1.54) is 0 Å². The van der Waals surface area contributed by atoms with Gasteiger partial charge in [-0.15, -0.1) is 0 Å². The number of benzene rings is 1. The van der Waals surface area contributed by atoms with E-state index in [0.717, 1.165) is 36.1 Å². The van der Waals surface area contributed by atoms with E-state index >= 15 is 0 Å². The molecule has 0 heterocycles. The molecule has 0 aromatic heterocycles. The van der Waals surface area contributed by atoms with Gasteiger partial charge in [-0.2, -0.15) is 0 Å². The number of hydrogen-bond donors (Lipinski definition) is 2. The van der Waals surface area contributed by atoms with Crippen molar-refractivity contribution in [3.05, 3.63) is 29.3 Å². The summed E-state index contributed by atoms with van der Waals surface area (Å²) < 4.78 is 0. The van der Waals surface area contributed by atoms with Crippen LogP contribution >= 0.6 is 0 Å². The largest absolute Gasteiger partial charge is 0.330 e. The van der Waals surface area contributed by atoms with Crippen LogP contribution in [0, 0.1) is 25.7 Å². The van der Waals surface area contributed by atoms with E-state index in [-0.39, 0.29) is 11.8 Å². The van der Waals surface area contributed by atoms with Crippen molar-refractivity contribution in [2.75, 3.05) is 11.9 Å². The maximum atomic E-state index is 12.3. The Bertz CT molecular complexity index is 422. The molecule has 3 N–H and O–H groups in total. The van der Waals surface area contributed by atoms with Crippen molar-refractivity contribution < 1.29 is 4.79 Å². The lowest BCUT2D eigenvalue weighted by Gasteiger charge is -2.19. The lowest BCUT2D eigenvalue weighted by atomic mass is 9.95. The van der Waals surface area contributed by atoms with Crippen molar-refractivity contribution in [1.82, 2.24) is 0 Å². The molecule has 1 saturated carbocycles. The van der Waals surface area contributed by atoms with Gasteiger partial charge in [0.15, 0.2) is 0 Å². The van der Waals surface area contributed by atoms with E-state index < -0.39 is 0 Å². The highest BCUT2D eigenvalue weighted by atomic mass is 16.1. The molecule has 2 atom stereocenters. The van der Waals surface area contributed by atoms with E-state index in [4.69, 9.17) is 5.73 Å². The molecule has 1 aromatic carbocycles. The molecule has 0 spiro atoms. The number of carbonyl (C=O) groups is 1. The number of para-hydroxylation sites is 1. The molecule has 1 amide bonds. The van der Waals surface area contributed by atoms with Crippen molar-refractivity contribution in [2.45, 2.75) is 33.1 Å². The van der Waals surface area contributed by atoms with E-state index in [2.05, 4.69) is 5.32 Å². The van der Waals surface area contributed by atoms with Crippen LogP contribution in [0.1, 0.15) is 30.4 Å². The highest BCUT2D eigenvalue weighted by Gasteiger charge is 2.32. The Labute approximate surface area is 109 Å². The first kappa shape index (κ1) is 13.1. The van der Waals surface area contributed by atoms with Crippen LogP contribution in [-0.4, -0.2) is 12.5 Å². The fourth-order valence-electron chi connectivity index (χ4n) is 2.89. The molecule has 3 heteroatoms. The normalized spacial score (nSPS) is 23.1. The third-order valence-corrected chi connectivity index (χ3v) is 4.03. The van der Waals surface area contributed by atoms with Crippen LogP contribution in [0.3, 0.4) is 0 Å². The van der Waals surface area contributed by atoms with E-state index in [1.807, 2.05) is 32.0 Å². The number of rotatable bonds is 3. The third kappa shape index (κ3) is 2.56. The lowest BCUT2D eigenvalue weighted by molar-refractivity contribution is -0.120. The van der Waals surface area contributed by atoms with Gasteiger partial charge in [0, 0.05) is 11.6 Å². The minimum absolute atomic E-state index is 0.0917. The van der Waals surface area contributed by atoms with Gasteiger partial charge in [-0.1, -0.05) is 24.6 Å². The van der Waals surface area contributed by atoms with Crippen LogP contribution in [0.4, 0.5) is 5.69 Å². The molecule has 0 bridgehead atoms. The number of carbonyl (C=O) groups excluding carboxylic acids is 1. The number of nitrogens with one attached hydrogen (secondary N) is 1. The molecule has 0 saturated heterocycles. The summed E-state index contributed by atoms with van der Waals surface area (Å²) in [5.41, 5.74) is 8.93. The molecule has 18 heavy (non-hydrogen) atoms. The van der Waals surface area contributed by atoms with Crippen LogP contribution in [0.5, 0.6) is 0 Å². The standard InChI is InChI=1S/C15H22N2O/c1-10-5-3-6-11(2)14(10)17-15(18)13-8-4-7-12(13)9-16/h3,5-6,12-13H,4,7-9,16H2,1-2H3,(H,17,18)/t12-,13-/m1/s1. The molecule has 1 aromatic rings. The molecule has 1 aliphatic carbocycles. The summed E-state index contributed by atoms with van der Waals surface area (Å²) in [7, 11) is 0. The maximum absolute atomic E-state index is 12.3. The number of nitrogens with two attached hydrogens (primary N) is 1. The zero-order valence-electron chi connectivity index (χ0n) is 11.2. The highest BCUT2D eigenvalue weighted by molar-refractivity contribution is 5.94. The summed E-state index contributed by atoms with van der Waals surface area (Å²) in [4.78, 5) is 12.3. The fourth-order valence-corrected chi connectivity index (χ4v) is 2.89. The lowest BCUT2D eigenvalue weighted by Crippen LogP contribution is -2.30. The summed E-state index contributed by atoms with van der Waals surface area (Å²) in [5.74, 6) is 0.587. The maximum Gasteiger partial charge on any atom is 0.227 e. The predicted molar refractivity (Wildman–Crippen MR) is 74.4 cm³/mol. The molecule has 98 valence electrons. The Kier molecular flexibility index (Phi) is 4.02. The molecule has 1 aliphatic rings. The van der Waals surface area contributed by atoms with Gasteiger partial charge in [0.2, 0.25) is 5.91 Å². The second kappa shape index (κ2) is 5.53. The Morgan fingerprint density at radius 2 is 2.00 bits per heavy atom. The predicted octanol–water partition coefficient (Wildman–Crippen LogP) is 2.62. The van der Waals surface area contributed by atoms with E-state index in [0.29, 0.717) is 12.5 Å². The molecule has 3 nitrogen and oxygen atoms in total. The van der Waals surface area contributed by atoms with E-state index in [9.17, 15) is 4.79 Å². The second-order valence-corrected chi connectivity index (χ2v) is 5.29. The Morgan fingerprint density at radius 1 is 1.33 bits per heavy atom. The van der Waals surface area contributed by atoms with Crippen molar-refractivity contribution in [1.29, 1.82) is 0 Å². The first-order valence-corrected chi connectivity index (χ1v) is 6.70. The quantitative estimate of drug-likeness (QED) is 0.861. The SMILES string of the molecule is Cc1cccc(C)c1NC(=O)[C@@H]1CCC[C@@H]1CN. The average molecular weight is 246 g/mol. The van der Waals surface area contributed by atoms with Crippen molar-refractivity contribution in [2.24, 2.45) is 17.6 Å². The zero-order valence-corrected chi connectivity index (χ0v) is 11.2. The Balaban J connectivity index is 2.12. The summed E-state index contributed by atoms with van der Waals surface area (Å²) in [6, 6.07) is 6.06. The van der Waals surface area contributed by atoms with Gasteiger partial charge < -0.3 is 11.1 Å². The van der Waals surface area contributed by atoms with Crippen molar-refractivity contribution >= 4 is 11.6 Å². The van der Waals surface area contributed by atoms with Gasteiger partial charge in [-0.25, -0.2) is 0 Å². The zero-order chi connectivity index (χ0) is 13.1. The summed E-state index contributed by atoms with van der Waals surface area (Å²) in [6.07, 6.45) is 3.17. The fraction of sp³-hybridized carbons (Fsp3) is 0.533. The summed E-state index contributed by atoms with van der Waals surface area (Å²) >= 11 is 0.